The zero-order chi connectivity index (χ0) is 11.0. The lowest BCUT2D eigenvalue weighted by atomic mass is 10.0. The summed E-state index contributed by atoms with van der Waals surface area (Å²) in [6, 6.07) is 3.77. The van der Waals surface area contributed by atoms with Crippen LogP contribution in [0.15, 0.2) is 12.1 Å². The number of hydrogen-bond acceptors (Lipinski definition) is 3. The number of aryl methyl sites for hydroxylation is 2. The van der Waals surface area contributed by atoms with E-state index in [-0.39, 0.29) is 5.82 Å². The molecule has 0 aliphatic rings. The molecule has 2 rings (SSSR count). The molecule has 0 unspecified atom stereocenters. The Hall–Kier alpha value is -1.91. The van der Waals surface area contributed by atoms with Crippen LogP contribution in [0.3, 0.4) is 0 Å². The van der Waals surface area contributed by atoms with Crippen LogP contribution in [0.2, 0.25) is 0 Å². The number of aromatic amines is 1. The summed E-state index contributed by atoms with van der Waals surface area (Å²) < 4.78 is 0. The summed E-state index contributed by atoms with van der Waals surface area (Å²) >= 11 is 0. The molecule has 0 aliphatic carbocycles. The Morgan fingerprint density at radius 3 is 2.87 bits per heavy atom. The van der Waals surface area contributed by atoms with Crippen LogP contribution in [0, 0.1) is 17.0 Å². The van der Waals surface area contributed by atoms with E-state index in [1.807, 2.05) is 26.0 Å². The lowest BCUT2D eigenvalue weighted by Crippen LogP contribution is -1.92. The maximum Gasteiger partial charge on any atom is 0.397 e. The van der Waals surface area contributed by atoms with Gasteiger partial charge < -0.3 is 10.1 Å². The van der Waals surface area contributed by atoms with Crippen molar-refractivity contribution in [2.24, 2.45) is 0 Å². The van der Waals surface area contributed by atoms with Gasteiger partial charge in [-0.3, -0.25) is 0 Å². The molecule has 0 fully saturated rings. The van der Waals surface area contributed by atoms with Crippen molar-refractivity contribution in [3.8, 4) is 0 Å². The van der Waals surface area contributed by atoms with E-state index in [2.05, 4.69) is 10.2 Å². The Balaban J connectivity index is 2.86. The molecule has 0 saturated heterocycles. The Bertz CT molecular complexity index is 531. The molecule has 0 saturated carbocycles. The molecular formula is C10H11N3O2. The molecule has 1 N–H and O–H groups in total. The largest absolute Gasteiger partial charge is 0.397 e. The van der Waals surface area contributed by atoms with Gasteiger partial charge in [-0.05, 0) is 35.5 Å². The number of aromatic nitrogens is 2. The lowest BCUT2D eigenvalue weighted by molar-refractivity contribution is -0.387. The molecule has 0 spiro atoms. The Labute approximate surface area is 86.3 Å². The SMILES string of the molecule is CCc1c(C)ccc2[nH]nc([N+](=O)[O-])c12. The molecule has 78 valence electrons. The fourth-order valence-electron chi connectivity index (χ4n) is 1.86. The van der Waals surface area contributed by atoms with Crippen LogP contribution in [0.4, 0.5) is 5.82 Å². The highest BCUT2D eigenvalue weighted by molar-refractivity contribution is 5.90. The number of nitrogens with zero attached hydrogens (tertiary/aromatic N) is 2. The first kappa shape index (κ1) is 9.64. The third kappa shape index (κ3) is 1.36. The minimum absolute atomic E-state index is 0.0782. The van der Waals surface area contributed by atoms with Gasteiger partial charge in [-0.15, -0.1) is 0 Å². The van der Waals surface area contributed by atoms with Gasteiger partial charge >= 0.3 is 5.82 Å². The highest BCUT2D eigenvalue weighted by atomic mass is 16.6. The van der Waals surface area contributed by atoms with E-state index in [1.165, 1.54) is 0 Å². The maximum atomic E-state index is 10.8. The smallest absolute Gasteiger partial charge is 0.358 e. The molecule has 0 aliphatic heterocycles. The molecule has 1 heterocycles. The molecular weight excluding hydrogens is 194 g/mol. The van der Waals surface area contributed by atoms with E-state index in [4.69, 9.17) is 0 Å². The first-order chi connectivity index (χ1) is 7.15. The number of hydrogen-bond donors (Lipinski definition) is 1. The topological polar surface area (TPSA) is 71.8 Å². The summed E-state index contributed by atoms with van der Waals surface area (Å²) in [5, 5.41) is 17.8. The lowest BCUT2D eigenvalue weighted by Gasteiger charge is -2.02. The quantitative estimate of drug-likeness (QED) is 0.604. The van der Waals surface area contributed by atoms with E-state index in [1.54, 1.807) is 0 Å². The van der Waals surface area contributed by atoms with Crippen LogP contribution in [-0.4, -0.2) is 15.1 Å². The Kier molecular flexibility index (Phi) is 2.15. The van der Waals surface area contributed by atoms with Gasteiger partial charge in [0.1, 0.15) is 5.39 Å². The van der Waals surface area contributed by atoms with Gasteiger partial charge in [0.25, 0.3) is 0 Å². The average molecular weight is 205 g/mol. The zero-order valence-electron chi connectivity index (χ0n) is 8.57. The number of nitro groups is 1. The normalized spacial score (nSPS) is 10.8. The average Bonchev–Trinajstić information content (AvgIpc) is 2.61. The van der Waals surface area contributed by atoms with E-state index in [0.29, 0.717) is 5.39 Å². The number of benzene rings is 1. The van der Waals surface area contributed by atoms with Crippen molar-refractivity contribution in [1.82, 2.24) is 10.2 Å². The van der Waals surface area contributed by atoms with Gasteiger partial charge in [0, 0.05) is 0 Å². The summed E-state index contributed by atoms with van der Waals surface area (Å²) in [4.78, 5) is 10.3. The minimum Gasteiger partial charge on any atom is -0.358 e. The fourth-order valence-corrected chi connectivity index (χ4v) is 1.86. The molecule has 0 atom stereocenters. The van der Waals surface area contributed by atoms with Gasteiger partial charge in [0.15, 0.2) is 0 Å². The van der Waals surface area contributed by atoms with Crippen LogP contribution in [0.5, 0.6) is 0 Å². The molecule has 0 amide bonds. The van der Waals surface area contributed by atoms with Gasteiger partial charge in [-0.2, -0.15) is 5.10 Å². The molecule has 5 heteroatoms. The Morgan fingerprint density at radius 1 is 1.53 bits per heavy atom. The Morgan fingerprint density at radius 2 is 2.27 bits per heavy atom. The fraction of sp³-hybridized carbons (Fsp3) is 0.300. The predicted octanol–water partition coefficient (Wildman–Crippen LogP) is 2.34. The summed E-state index contributed by atoms with van der Waals surface area (Å²) in [7, 11) is 0. The molecule has 15 heavy (non-hydrogen) atoms. The van der Waals surface area contributed by atoms with Crippen LogP contribution >= 0.6 is 0 Å². The third-order valence-electron chi connectivity index (χ3n) is 2.58. The summed E-state index contributed by atoms with van der Waals surface area (Å²) in [6.45, 7) is 3.94. The van der Waals surface area contributed by atoms with Gasteiger partial charge in [0.05, 0.1) is 10.6 Å². The van der Waals surface area contributed by atoms with Gasteiger partial charge in [-0.1, -0.05) is 13.0 Å². The maximum absolute atomic E-state index is 10.8. The van der Waals surface area contributed by atoms with Crippen molar-refractivity contribution in [2.75, 3.05) is 0 Å². The van der Waals surface area contributed by atoms with Crippen LogP contribution < -0.4 is 0 Å². The number of H-pyrrole nitrogens is 1. The second kappa shape index (κ2) is 3.34. The molecule has 2 aromatic rings. The monoisotopic (exact) mass is 205 g/mol. The summed E-state index contributed by atoms with van der Waals surface area (Å²) in [6.07, 6.45) is 0.767. The van der Waals surface area contributed by atoms with Crippen molar-refractivity contribution >= 4 is 16.7 Å². The highest BCUT2D eigenvalue weighted by Crippen LogP contribution is 2.28. The van der Waals surface area contributed by atoms with E-state index >= 15 is 0 Å². The predicted molar refractivity (Wildman–Crippen MR) is 56.9 cm³/mol. The molecule has 5 nitrogen and oxygen atoms in total. The van der Waals surface area contributed by atoms with Crippen molar-refractivity contribution in [3.63, 3.8) is 0 Å². The van der Waals surface area contributed by atoms with E-state index in [0.717, 1.165) is 23.1 Å². The molecule has 1 aromatic heterocycles. The van der Waals surface area contributed by atoms with Crippen molar-refractivity contribution in [2.45, 2.75) is 20.3 Å². The van der Waals surface area contributed by atoms with E-state index < -0.39 is 4.92 Å². The second-order valence-electron chi connectivity index (χ2n) is 3.44. The van der Waals surface area contributed by atoms with E-state index in [9.17, 15) is 10.1 Å². The second-order valence-corrected chi connectivity index (χ2v) is 3.44. The first-order valence-corrected chi connectivity index (χ1v) is 4.76. The summed E-state index contributed by atoms with van der Waals surface area (Å²) in [5.74, 6) is -0.0782. The molecule has 0 radical (unpaired) electrons. The number of nitrogens with one attached hydrogen (secondary N) is 1. The standard InChI is InChI=1S/C10H11N3O2/c1-3-7-6(2)4-5-8-9(7)10(12-11-8)13(14)15/h4-5H,3H2,1-2H3,(H,11,12). The third-order valence-corrected chi connectivity index (χ3v) is 2.58. The minimum atomic E-state index is -0.447. The van der Waals surface area contributed by atoms with Crippen molar-refractivity contribution in [1.29, 1.82) is 0 Å². The molecule has 0 bridgehead atoms. The van der Waals surface area contributed by atoms with Gasteiger partial charge in [-0.25, -0.2) is 0 Å². The highest BCUT2D eigenvalue weighted by Gasteiger charge is 2.20. The number of fused-ring (bicyclic) bond motifs is 1. The van der Waals surface area contributed by atoms with Crippen LogP contribution in [0.25, 0.3) is 10.9 Å². The molecule has 1 aromatic carbocycles. The van der Waals surface area contributed by atoms with Crippen LogP contribution in [0.1, 0.15) is 18.1 Å². The van der Waals surface area contributed by atoms with Crippen LogP contribution in [-0.2, 0) is 6.42 Å². The first-order valence-electron chi connectivity index (χ1n) is 4.76. The number of rotatable bonds is 2. The summed E-state index contributed by atoms with van der Waals surface area (Å²) in [5.41, 5.74) is 2.78. The van der Waals surface area contributed by atoms with Gasteiger partial charge in [0.2, 0.25) is 0 Å². The van der Waals surface area contributed by atoms with Crippen molar-refractivity contribution in [3.05, 3.63) is 33.4 Å². The van der Waals surface area contributed by atoms with Crippen molar-refractivity contribution < 1.29 is 4.92 Å². The zero-order valence-corrected chi connectivity index (χ0v) is 8.57.